The van der Waals surface area contributed by atoms with Gasteiger partial charge in [-0.1, -0.05) is 36.4 Å². The van der Waals surface area contributed by atoms with Gasteiger partial charge in [0.25, 0.3) is 5.91 Å². The number of hydrogen-bond acceptors (Lipinski definition) is 3. The molecule has 1 aromatic heterocycles. The van der Waals surface area contributed by atoms with Gasteiger partial charge >= 0.3 is 0 Å². The van der Waals surface area contributed by atoms with E-state index >= 15 is 0 Å². The van der Waals surface area contributed by atoms with E-state index in [1.165, 1.54) is 0 Å². The van der Waals surface area contributed by atoms with E-state index in [0.29, 0.717) is 12.2 Å². The summed E-state index contributed by atoms with van der Waals surface area (Å²) >= 11 is 0. The van der Waals surface area contributed by atoms with Gasteiger partial charge in [0.15, 0.2) is 5.69 Å². The molecule has 0 aliphatic carbocycles. The van der Waals surface area contributed by atoms with Crippen LogP contribution >= 0.6 is 0 Å². The molecule has 0 saturated heterocycles. The van der Waals surface area contributed by atoms with Gasteiger partial charge in [-0.05, 0) is 12.1 Å². The molecule has 1 heterocycles. The van der Waals surface area contributed by atoms with Crippen LogP contribution in [0.5, 0.6) is 5.75 Å². The Balaban J connectivity index is 1.86. The Morgan fingerprint density at radius 1 is 1.18 bits per heavy atom. The first-order valence-corrected chi connectivity index (χ1v) is 7.01. The summed E-state index contributed by atoms with van der Waals surface area (Å²) < 4.78 is 5.33. The molecular weight excluding hydrogens is 278 g/mol. The van der Waals surface area contributed by atoms with Crippen LogP contribution in [0.2, 0.25) is 0 Å². The topological polar surface area (TPSA) is 58.2 Å². The zero-order chi connectivity index (χ0) is 15.5. The Hall–Kier alpha value is -2.82. The molecule has 112 valence electrons. The maximum atomic E-state index is 12.6. The average molecular weight is 295 g/mol. The second-order valence-corrected chi connectivity index (χ2v) is 5.09. The molecule has 3 rings (SSSR count). The fourth-order valence-electron chi connectivity index (χ4n) is 2.47. The van der Waals surface area contributed by atoms with Crippen molar-refractivity contribution in [2.75, 3.05) is 14.2 Å². The Morgan fingerprint density at radius 2 is 1.91 bits per heavy atom. The molecule has 0 aliphatic rings. The first-order valence-electron chi connectivity index (χ1n) is 7.01. The highest BCUT2D eigenvalue weighted by atomic mass is 16.5. The number of nitrogens with one attached hydrogen (secondary N) is 1. The molecule has 1 amide bonds. The van der Waals surface area contributed by atoms with Gasteiger partial charge in [0.1, 0.15) is 5.75 Å². The van der Waals surface area contributed by atoms with Crippen LogP contribution in [0.1, 0.15) is 16.1 Å². The molecular formula is C17H17N3O2. The smallest absolute Gasteiger partial charge is 0.275 e. The summed E-state index contributed by atoms with van der Waals surface area (Å²) in [5, 5.41) is 7.87. The summed E-state index contributed by atoms with van der Waals surface area (Å²) in [7, 11) is 3.39. The van der Waals surface area contributed by atoms with Crippen molar-refractivity contribution in [2.45, 2.75) is 6.54 Å². The van der Waals surface area contributed by atoms with Crippen LogP contribution < -0.4 is 4.74 Å². The number of H-pyrrole nitrogens is 1. The fourth-order valence-corrected chi connectivity index (χ4v) is 2.47. The number of para-hydroxylation sites is 2. The Labute approximate surface area is 128 Å². The third-order valence-electron chi connectivity index (χ3n) is 3.62. The molecule has 0 fully saturated rings. The van der Waals surface area contributed by atoms with E-state index in [2.05, 4.69) is 10.2 Å². The zero-order valence-electron chi connectivity index (χ0n) is 12.5. The molecule has 5 heteroatoms. The number of fused-ring (bicyclic) bond motifs is 1. The number of carbonyl (C=O) groups is 1. The van der Waals surface area contributed by atoms with Crippen molar-refractivity contribution in [2.24, 2.45) is 0 Å². The summed E-state index contributed by atoms with van der Waals surface area (Å²) in [6.07, 6.45) is 0. The van der Waals surface area contributed by atoms with Gasteiger partial charge in [0, 0.05) is 24.5 Å². The summed E-state index contributed by atoms with van der Waals surface area (Å²) in [5.74, 6) is 0.650. The lowest BCUT2D eigenvalue weighted by atomic mass is 10.1. The minimum absolute atomic E-state index is 0.122. The van der Waals surface area contributed by atoms with Crippen molar-refractivity contribution in [1.29, 1.82) is 0 Å². The number of aromatic amines is 1. The Morgan fingerprint density at radius 3 is 2.73 bits per heavy atom. The number of nitrogens with zero attached hydrogens (tertiary/aromatic N) is 2. The number of hydrogen-bond donors (Lipinski definition) is 1. The van der Waals surface area contributed by atoms with E-state index in [1.54, 1.807) is 19.1 Å². The molecule has 0 radical (unpaired) electrons. The van der Waals surface area contributed by atoms with Gasteiger partial charge in [0.05, 0.1) is 12.6 Å². The lowest BCUT2D eigenvalue weighted by molar-refractivity contribution is 0.0780. The molecule has 0 atom stereocenters. The molecule has 3 aromatic rings. The van der Waals surface area contributed by atoms with Crippen molar-refractivity contribution in [3.63, 3.8) is 0 Å². The van der Waals surface area contributed by atoms with E-state index in [1.807, 2.05) is 48.5 Å². The van der Waals surface area contributed by atoms with Gasteiger partial charge < -0.3 is 9.64 Å². The molecule has 0 spiro atoms. The highest BCUT2D eigenvalue weighted by Crippen LogP contribution is 2.21. The molecule has 0 unspecified atom stereocenters. The van der Waals surface area contributed by atoms with Crippen LogP contribution in [-0.4, -0.2) is 35.2 Å². The highest BCUT2D eigenvalue weighted by molar-refractivity contribution is 6.04. The second kappa shape index (κ2) is 5.89. The quantitative estimate of drug-likeness (QED) is 0.805. The van der Waals surface area contributed by atoms with Crippen molar-refractivity contribution >= 4 is 16.8 Å². The van der Waals surface area contributed by atoms with Gasteiger partial charge in [-0.15, -0.1) is 0 Å². The normalized spacial score (nSPS) is 10.6. The molecule has 0 bridgehead atoms. The number of aromatic nitrogens is 2. The van der Waals surface area contributed by atoms with E-state index in [0.717, 1.165) is 22.2 Å². The van der Waals surface area contributed by atoms with Gasteiger partial charge in [-0.3, -0.25) is 9.89 Å². The number of rotatable bonds is 4. The lowest BCUT2D eigenvalue weighted by Gasteiger charge is -2.18. The number of ether oxygens (including phenoxy) is 1. The summed E-state index contributed by atoms with van der Waals surface area (Å²) in [5.41, 5.74) is 2.25. The zero-order valence-corrected chi connectivity index (χ0v) is 12.5. The van der Waals surface area contributed by atoms with Crippen LogP contribution in [0.25, 0.3) is 10.9 Å². The number of carbonyl (C=O) groups excluding carboxylic acids is 1. The molecule has 2 aromatic carbocycles. The van der Waals surface area contributed by atoms with E-state index in [4.69, 9.17) is 4.74 Å². The van der Waals surface area contributed by atoms with Crippen molar-refractivity contribution in [1.82, 2.24) is 15.1 Å². The van der Waals surface area contributed by atoms with Crippen molar-refractivity contribution in [3.05, 3.63) is 59.8 Å². The van der Waals surface area contributed by atoms with E-state index < -0.39 is 0 Å². The maximum absolute atomic E-state index is 12.6. The maximum Gasteiger partial charge on any atom is 0.275 e. The monoisotopic (exact) mass is 295 g/mol. The molecule has 0 aliphatic heterocycles. The van der Waals surface area contributed by atoms with Crippen LogP contribution in [0, 0.1) is 0 Å². The van der Waals surface area contributed by atoms with Crippen LogP contribution in [0.3, 0.4) is 0 Å². The molecule has 22 heavy (non-hydrogen) atoms. The van der Waals surface area contributed by atoms with Gasteiger partial charge in [-0.25, -0.2) is 0 Å². The SMILES string of the molecule is COc1ccccc1CN(C)C(=O)c1n[nH]c2ccccc12. The number of benzene rings is 2. The molecule has 5 nitrogen and oxygen atoms in total. The van der Waals surface area contributed by atoms with E-state index in [-0.39, 0.29) is 5.91 Å². The average Bonchev–Trinajstić information content (AvgIpc) is 2.98. The minimum Gasteiger partial charge on any atom is -0.496 e. The predicted octanol–water partition coefficient (Wildman–Crippen LogP) is 2.84. The predicted molar refractivity (Wildman–Crippen MR) is 84.9 cm³/mol. The Kier molecular flexibility index (Phi) is 3.78. The first-order chi connectivity index (χ1) is 10.7. The summed E-state index contributed by atoms with van der Waals surface area (Å²) in [4.78, 5) is 14.3. The number of amides is 1. The summed E-state index contributed by atoms with van der Waals surface area (Å²) in [6.45, 7) is 0.462. The third kappa shape index (κ3) is 2.53. The summed E-state index contributed by atoms with van der Waals surface area (Å²) in [6, 6.07) is 15.3. The van der Waals surface area contributed by atoms with Crippen molar-refractivity contribution < 1.29 is 9.53 Å². The Bertz CT molecular complexity index is 810. The van der Waals surface area contributed by atoms with Crippen LogP contribution in [-0.2, 0) is 6.54 Å². The standard InChI is InChI=1S/C17H17N3O2/c1-20(11-12-7-3-6-10-15(12)22-2)17(21)16-13-8-4-5-9-14(13)18-19-16/h3-10H,11H2,1-2H3,(H,18,19). The molecule has 0 saturated carbocycles. The molecule has 1 N–H and O–H groups in total. The van der Waals surface area contributed by atoms with Crippen molar-refractivity contribution in [3.8, 4) is 5.75 Å². The van der Waals surface area contributed by atoms with Gasteiger partial charge in [-0.2, -0.15) is 5.10 Å². The lowest BCUT2D eigenvalue weighted by Crippen LogP contribution is -2.26. The minimum atomic E-state index is -0.122. The third-order valence-corrected chi connectivity index (χ3v) is 3.62. The number of methoxy groups -OCH3 is 1. The van der Waals surface area contributed by atoms with E-state index in [9.17, 15) is 4.79 Å². The second-order valence-electron chi connectivity index (χ2n) is 5.09. The largest absolute Gasteiger partial charge is 0.496 e. The van der Waals surface area contributed by atoms with Gasteiger partial charge in [0.2, 0.25) is 0 Å². The van der Waals surface area contributed by atoms with Crippen LogP contribution in [0.15, 0.2) is 48.5 Å². The van der Waals surface area contributed by atoms with Crippen LogP contribution in [0.4, 0.5) is 0 Å². The fraction of sp³-hybridized carbons (Fsp3) is 0.176. The first kappa shape index (κ1) is 14.1. The highest BCUT2D eigenvalue weighted by Gasteiger charge is 2.19.